The predicted molar refractivity (Wildman–Crippen MR) is 71.6 cm³/mol. The second-order valence-corrected chi connectivity index (χ2v) is 6.77. The molecule has 5 heteroatoms. The molecule has 0 radical (unpaired) electrons. The average molecular weight is 276 g/mol. The minimum atomic E-state index is 0.332. The Morgan fingerprint density at radius 2 is 2.26 bits per heavy atom. The van der Waals surface area contributed by atoms with E-state index >= 15 is 0 Å². The smallest absolute Gasteiger partial charge is 0.230 e. The standard InChI is InChI=1S/C14H16N2O2S/c1-8-2-3-12(19-8)10-6-11(10)14-15-13(16-18-14)9-4-5-17-7-9/h2-3,9-11H,4-7H2,1H3/t9-,10+,11-/m0/s1. The number of rotatable bonds is 3. The molecule has 4 nitrogen and oxygen atoms in total. The van der Waals surface area contributed by atoms with Crippen molar-refractivity contribution in [3.05, 3.63) is 33.6 Å². The SMILES string of the molecule is Cc1ccc([C@@H]2C[C@@H]2c2nc([C@H]3CCOC3)no2)s1. The number of hydrogen-bond donors (Lipinski definition) is 0. The van der Waals surface area contributed by atoms with Gasteiger partial charge in [0.25, 0.3) is 0 Å². The first-order valence-corrected chi connectivity index (χ1v) is 7.60. The van der Waals surface area contributed by atoms with Crippen LogP contribution in [0.3, 0.4) is 0 Å². The molecule has 1 saturated carbocycles. The van der Waals surface area contributed by atoms with Gasteiger partial charge in [-0.25, -0.2) is 0 Å². The van der Waals surface area contributed by atoms with Crippen molar-refractivity contribution in [2.24, 2.45) is 0 Å². The van der Waals surface area contributed by atoms with Gasteiger partial charge in [0.2, 0.25) is 5.89 Å². The van der Waals surface area contributed by atoms with Crippen LogP contribution in [0.25, 0.3) is 0 Å². The molecule has 1 aliphatic carbocycles. The van der Waals surface area contributed by atoms with Crippen molar-refractivity contribution >= 4 is 11.3 Å². The van der Waals surface area contributed by atoms with Gasteiger partial charge in [0, 0.05) is 34.1 Å². The number of thiophene rings is 1. The fraction of sp³-hybridized carbons (Fsp3) is 0.571. The molecule has 0 aromatic carbocycles. The maximum atomic E-state index is 5.45. The summed E-state index contributed by atoms with van der Waals surface area (Å²) in [5, 5.41) is 4.13. The van der Waals surface area contributed by atoms with E-state index in [1.54, 1.807) is 0 Å². The number of aromatic nitrogens is 2. The van der Waals surface area contributed by atoms with Crippen molar-refractivity contribution in [1.82, 2.24) is 10.1 Å². The molecule has 2 fully saturated rings. The lowest BCUT2D eigenvalue weighted by Gasteiger charge is -1.97. The van der Waals surface area contributed by atoms with Crippen LogP contribution >= 0.6 is 11.3 Å². The first kappa shape index (κ1) is 11.6. The van der Waals surface area contributed by atoms with E-state index in [1.165, 1.54) is 9.75 Å². The van der Waals surface area contributed by atoms with E-state index in [9.17, 15) is 0 Å². The lowest BCUT2D eigenvalue weighted by Crippen LogP contribution is -1.99. The summed E-state index contributed by atoms with van der Waals surface area (Å²) < 4.78 is 10.8. The Bertz CT molecular complexity index is 586. The Morgan fingerprint density at radius 3 is 3.00 bits per heavy atom. The van der Waals surface area contributed by atoms with Crippen LogP contribution in [0.1, 0.15) is 52.1 Å². The Morgan fingerprint density at radius 1 is 1.32 bits per heavy atom. The minimum Gasteiger partial charge on any atom is -0.381 e. The fourth-order valence-electron chi connectivity index (χ4n) is 2.74. The number of aryl methyl sites for hydroxylation is 1. The van der Waals surface area contributed by atoms with E-state index in [4.69, 9.17) is 9.26 Å². The van der Waals surface area contributed by atoms with E-state index in [0.29, 0.717) is 17.8 Å². The summed E-state index contributed by atoms with van der Waals surface area (Å²) in [5.74, 6) is 3.01. The highest BCUT2D eigenvalue weighted by molar-refractivity contribution is 7.12. The summed E-state index contributed by atoms with van der Waals surface area (Å²) in [6, 6.07) is 4.41. The Hall–Kier alpha value is -1.20. The molecule has 4 rings (SSSR count). The zero-order valence-corrected chi connectivity index (χ0v) is 11.7. The van der Waals surface area contributed by atoms with Crippen LogP contribution in [0.4, 0.5) is 0 Å². The Balaban J connectivity index is 1.49. The molecule has 0 unspecified atom stereocenters. The number of hydrogen-bond acceptors (Lipinski definition) is 5. The van der Waals surface area contributed by atoms with Crippen molar-refractivity contribution in [1.29, 1.82) is 0 Å². The number of ether oxygens (including phenoxy) is 1. The molecule has 0 amide bonds. The largest absolute Gasteiger partial charge is 0.381 e. The Labute approximate surface area is 115 Å². The quantitative estimate of drug-likeness (QED) is 0.863. The zero-order valence-electron chi connectivity index (χ0n) is 10.8. The van der Waals surface area contributed by atoms with Crippen LogP contribution < -0.4 is 0 Å². The van der Waals surface area contributed by atoms with Gasteiger partial charge < -0.3 is 9.26 Å². The van der Waals surface area contributed by atoms with E-state index in [-0.39, 0.29) is 0 Å². The molecule has 19 heavy (non-hydrogen) atoms. The molecule has 0 N–H and O–H groups in total. The molecule has 3 atom stereocenters. The van der Waals surface area contributed by atoms with Crippen LogP contribution in [-0.2, 0) is 4.74 Å². The van der Waals surface area contributed by atoms with Gasteiger partial charge in [-0.2, -0.15) is 4.98 Å². The topological polar surface area (TPSA) is 48.2 Å². The maximum absolute atomic E-state index is 5.45. The monoisotopic (exact) mass is 276 g/mol. The predicted octanol–water partition coefficient (Wildman–Crippen LogP) is 3.21. The van der Waals surface area contributed by atoms with Gasteiger partial charge in [0.05, 0.1) is 6.61 Å². The van der Waals surface area contributed by atoms with Crippen LogP contribution in [0.15, 0.2) is 16.7 Å². The van der Waals surface area contributed by atoms with Crippen molar-refractivity contribution < 1.29 is 9.26 Å². The highest BCUT2D eigenvalue weighted by Gasteiger charge is 2.44. The normalized spacial score (nSPS) is 29.8. The zero-order chi connectivity index (χ0) is 12.8. The summed E-state index contributed by atoms with van der Waals surface area (Å²) in [6.07, 6.45) is 2.15. The average Bonchev–Trinajstić information content (AvgIpc) is 2.86. The lowest BCUT2D eigenvalue weighted by molar-refractivity contribution is 0.192. The summed E-state index contributed by atoms with van der Waals surface area (Å²) in [4.78, 5) is 7.40. The molecule has 0 bridgehead atoms. The van der Waals surface area contributed by atoms with Gasteiger partial charge in [0.15, 0.2) is 5.82 Å². The third-order valence-corrected chi connectivity index (χ3v) is 5.12. The van der Waals surface area contributed by atoms with Crippen molar-refractivity contribution in [3.8, 4) is 0 Å². The van der Waals surface area contributed by atoms with Gasteiger partial charge >= 0.3 is 0 Å². The third-order valence-electron chi connectivity index (χ3n) is 3.99. The molecule has 1 saturated heterocycles. The third kappa shape index (κ3) is 2.11. The van der Waals surface area contributed by atoms with Crippen molar-refractivity contribution in [2.75, 3.05) is 13.2 Å². The van der Waals surface area contributed by atoms with Crippen LogP contribution in [-0.4, -0.2) is 23.4 Å². The van der Waals surface area contributed by atoms with E-state index < -0.39 is 0 Å². The molecule has 0 spiro atoms. The summed E-state index contributed by atoms with van der Waals surface area (Å²) in [5.41, 5.74) is 0. The van der Waals surface area contributed by atoms with Gasteiger partial charge in [-0.15, -0.1) is 11.3 Å². The highest BCUT2D eigenvalue weighted by Crippen LogP contribution is 2.55. The first-order chi connectivity index (χ1) is 9.31. The summed E-state index contributed by atoms with van der Waals surface area (Å²) >= 11 is 1.88. The van der Waals surface area contributed by atoms with E-state index in [0.717, 1.165) is 37.8 Å². The molecule has 2 aromatic heterocycles. The van der Waals surface area contributed by atoms with Crippen LogP contribution in [0, 0.1) is 6.92 Å². The van der Waals surface area contributed by atoms with Gasteiger partial charge in [-0.05, 0) is 31.9 Å². The fourth-order valence-corrected chi connectivity index (χ4v) is 3.79. The van der Waals surface area contributed by atoms with Crippen LogP contribution in [0.5, 0.6) is 0 Å². The van der Waals surface area contributed by atoms with Crippen molar-refractivity contribution in [2.45, 2.75) is 37.5 Å². The second-order valence-electron chi connectivity index (χ2n) is 5.45. The summed E-state index contributed by atoms with van der Waals surface area (Å²) in [7, 11) is 0. The molecule has 1 aliphatic heterocycles. The Kier molecular flexibility index (Phi) is 2.70. The molecule has 3 heterocycles. The first-order valence-electron chi connectivity index (χ1n) is 6.79. The van der Waals surface area contributed by atoms with E-state index in [2.05, 4.69) is 29.2 Å². The highest BCUT2D eigenvalue weighted by atomic mass is 32.1. The minimum absolute atomic E-state index is 0.332. The lowest BCUT2D eigenvalue weighted by atomic mass is 10.1. The van der Waals surface area contributed by atoms with E-state index in [1.807, 2.05) is 11.3 Å². The molecule has 2 aliphatic rings. The van der Waals surface area contributed by atoms with Crippen LogP contribution in [0.2, 0.25) is 0 Å². The number of nitrogens with zero attached hydrogens (tertiary/aromatic N) is 2. The molecule has 2 aromatic rings. The second kappa shape index (κ2) is 4.42. The maximum Gasteiger partial charge on any atom is 0.230 e. The van der Waals surface area contributed by atoms with Crippen molar-refractivity contribution in [3.63, 3.8) is 0 Å². The van der Waals surface area contributed by atoms with Gasteiger partial charge in [-0.1, -0.05) is 5.16 Å². The van der Waals surface area contributed by atoms with Gasteiger partial charge in [-0.3, -0.25) is 0 Å². The molecular formula is C14H16N2O2S. The molecular weight excluding hydrogens is 260 g/mol. The summed E-state index contributed by atoms with van der Waals surface area (Å²) in [6.45, 7) is 3.70. The van der Waals surface area contributed by atoms with Gasteiger partial charge in [0.1, 0.15) is 0 Å². The molecule has 100 valence electrons.